The Bertz CT molecular complexity index is 431. The molecule has 1 aromatic rings. The van der Waals surface area contributed by atoms with Crippen molar-refractivity contribution in [3.63, 3.8) is 0 Å². The highest BCUT2D eigenvalue weighted by molar-refractivity contribution is 5.81. The van der Waals surface area contributed by atoms with E-state index in [9.17, 15) is 0 Å². The zero-order chi connectivity index (χ0) is 13.5. The molecular formula is C15H23N3O. The first kappa shape index (κ1) is 13.7. The van der Waals surface area contributed by atoms with Crippen LogP contribution in [-0.4, -0.2) is 31.7 Å². The molecule has 0 bridgehead atoms. The van der Waals surface area contributed by atoms with Crippen molar-refractivity contribution in [2.45, 2.75) is 32.7 Å². The van der Waals surface area contributed by atoms with Gasteiger partial charge in [0.15, 0.2) is 5.96 Å². The molecule has 0 radical (unpaired) electrons. The molecule has 1 aromatic carbocycles. The lowest BCUT2D eigenvalue weighted by atomic mass is 10.1. The van der Waals surface area contributed by atoms with Crippen molar-refractivity contribution < 1.29 is 4.74 Å². The molecule has 4 heteroatoms. The molecule has 0 aromatic heterocycles. The molecule has 0 fully saturated rings. The Hall–Kier alpha value is -1.71. The lowest BCUT2D eigenvalue weighted by molar-refractivity contribution is 0.317. The summed E-state index contributed by atoms with van der Waals surface area (Å²) >= 11 is 0. The van der Waals surface area contributed by atoms with Crippen molar-refractivity contribution in [3.8, 4) is 5.75 Å². The first-order valence-corrected chi connectivity index (χ1v) is 7.04. The zero-order valence-corrected chi connectivity index (χ0v) is 11.8. The molecule has 2 rings (SSSR count). The summed E-state index contributed by atoms with van der Waals surface area (Å²) in [5.41, 5.74) is 1.28. The molecule has 0 amide bonds. The highest BCUT2D eigenvalue weighted by Crippen LogP contribution is 2.13. The molecule has 0 spiro atoms. The average molecular weight is 261 g/mol. The van der Waals surface area contributed by atoms with Crippen LogP contribution in [0.15, 0.2) is 29.3 Å². The maximum absolute atomic E-state index is 5.63. The summed E-state index contributed by atoms with van der Waals surface area (Å²) in [5, 5.41) is 6.61. The zero-order valence-electron chi connectivity index (χ0n) is 11.8. The van der Waals surface area contributed by atoms with Gasteiger partial charge in [0.25, 0.3) is 0 Å². The molecular weight excluding hydrogens is 238 g/mol. The van der Waals surface area contributed by atoms with Gasteiger partial charge in [0, 0.05) is 12.6 Å². The minimum absolute atomic E-state index is 0.452. The first-order chi connectivity index (χ1) is 9.28. The molecule has 1 atom stereocenters. The Morgan fingerprint density at radius 3 is 3.11 bits per heavy atom. The maximum Gasteiger partial charge on any atom is 0.191 e. The quantitative estimate of drug-likeness (QED) is 0.823. The molecule has 104 valence electrons. The lowest BCUT2D eigenvalue weighted by Gasteiger charge is -2.10. The summed E-state index contributed by atoms with van der Waals surface area (Å²) in [6.07, 6.45) is 2.01. The minimum Gasteiger partial charge on any atom is -0.494 e. The van der Waals surface area contributed by atoms with Gasteiger partial charge in [-0.25, -0.2) is 0 Å². The van der Waals surface area contributed by atoms with Crippen molar-refractivity contribution in [2.24, 2.45) is 4.99 Å². The number of benzene rings is 1. The van der Waals surface area contributed by atoms with Gasteiger partial charge in [0.2, 0.25) is 0 Å². The fourth-order valence-corrected chi connectivity index (χ4v) is 2.00. The summed E-state index contributed by atoms with van der Waals surface area (Å²) in [6.45, 7) is 6.77. The van der Waals surface area contributed by atoms with E-state index < -0.39 is 0 Å². The predicted octanol–water partition coefficient (Wildman–Crippen LogP) is 1.96. The molecule has 2 N–H and O–H groups in total. The van der Waals surface area contributed by atoms with E-state index in [1.807, 2.05) is 12.1 Å². The van der Waals surface area contributed by atoms with Gasteiger partial charge in [0.1, 0.15) is 5.75 Å². The molecule has 4 nitrogen and oxygen atoms in total. The third-order valence-corrected chi connectivity index (χ3v) is 2.98. The van der Waals surface area contributed by atoms with Crippen molar-refractivity contribution in [2.75, 3.05) is 19.7 Å². The van der Waals surface area contributed by atoms with Crippen LogP contribution < -0.4 is 15.4 Å². The van der Waals surface area contributed by atoms with E-state index in [4.69, 9.17) is 4.74 Å². The van der Waals surface area contributed by atoms with Gasteiger partial charge in [-0.05, 0) is 37.5 Å². The maximum atomic E-state index is 5.63. The van der Waals surface area contributed by atoms with E-state index in [0.29, 0.717) is 6.04 Å². The number of ether oxygens (including phenoxy) is 1. The van der Waals surface area contributed by atoms with Crippen molar-refractivity contribution >= 4 is 5.96 Å². The molecule has 19 heavy (non-hydrogen) atoms. The van der Waals surface area contributed by atoms with Crippen molar-refractivity contribution in [1.82, 2.24) is 10.6 Å². The highest BCUT2D eigenvalue weighted by Gasteiger charge is 2.11. The third kappa shape index (κ3) is 4.47. The van der Waals surface area contributed by atoms with Gasteiger partial charge in [0.05, 0.1) is 13.2 Å². The number of hydrogen-bond acceptors (Lipinski definition) is 4. The van der Waals surface area contributed by atoms with Crippen molar-refractivity contribution in [3.05, 3.63) is 29.8 Å². The smallest absolute Gasteiger partial charge is 0.191 e. The highest BCUT2D eigenvalue weighted by atomic mass is 16.5. The van der Waals surface area contributed by atoms with Gasteiger partial charge in [-0.2, -0.15) is 0 Å². The van der Waals surface area contributed by atoms with E-state index in [1.54, 1.807) is 0 Å². The topological polar surface area (TPSA) is 45.6 Å². The average Bonchev–Trinajstić information content (AvgIpc) is 2.83. The molecule has 0 saturated heterocycles. The monoisotopic (exact) mass is 261 g/mol. The van der Waals surface area contributed by atoms with E-state index in [-0.39, 0.29) is 0 Å². The summed E-state index contributed by atoms with van der Waals surface area (Å²) < 4.78 is 5.63. The first-order valence-electron chi connectivity index (χ1n) is 7.04. The minimum atomic E-state index is 0.452. The summed E-state index contributed by atoms with van der Waals surface area (Å²) in [6, 6.07) is 8.76. The van der Waals surface area contributed by atoms with Crippen LogP contribution in [0.1, 0.15) is 25.8 Å². The van der Waals surface area contributed by atoms with Gasteiger partial charge < -0.3 is 15.4 Å². The molecule has 0 aliphatic carbocycles. The largest absolute Gasteiger partial charge is 0.494 e. The number of nitrogens with one attached hydrogen (secondary N) is 2. The van der Waals surface area contributed by atoms with Crippen LogP contribution in [0, 0.1) is 0 Å². The summed E-state index contributed by atoms with van der Waals surface area (Å²) in [7, 11) is 0. The second-order valence-corrected chi connectivity index (χ2v) is 4.91. The van der Waals surface area contributed by atoms with Crippen LogP contribution in [0.2, 0.25) is 0 Å². The molecule has 0 saturated carbocycles. The molecule has 1 aliphatic rings. The Morgan fingerprint density at radius 1 is 1.47 bits per heavy atom. The van der Waals surface area contributed by atoms with Crippen LogP contribution in [-0.2, 0) is 6.42 Å². The predicted molar refractivity (Wildman–Crippen MR) is 78.8 cm³/mol. The molecule has 1 heterocycles. The Morgan fingerprint density at radius 2 is 2.37 bits per heavy atom. The summed E-state index contributed by atoms with van der Waals surface area (Å²) in [4.78, 5) is 4.38. The van der Waals surface area contributed by atoms with Crippen LogP contribution in [0.25, 0.3) is 0 Å². The van der Waals surface area contributed by atoms with Crippen molar-refractivity contribution in [1.29, 1.82) is 0 Å². The second kappa shape index (κ2) is 7.02. The van der Waals surface area contributed by atoms with E-state index in [2.05, 4.69) is 41.6 Å². The second-order valence-electron chi connectivity index (χ2n) is 4.91. The number of rotatable bonds is 6. The third-order valence-electron chi connectivity index (χ3n) is 2.98. The van der Waals surface area contributed by atoms with Crippen LogP contribution in [0.3, 0.4) is 0 Å². The Balaban J connectivity index is 1.76. The standard InChI is InChI=1S/C15H23N3O/c1-3-9-19-14-6-4-5-13(10-14)7-8-16-15-17-11-12(2)18-15/h4-6,10,12H,3,7-9,11H2,1-2H3,(H2,16,17,18). The van der Waals surface area contributed by atoms with Gasteiger partial charge in [-0.3, -0.25) is 4.99 Å². The fourth-order valence-electron chi connectivity index (χ4n) is 2.00. The summed E-state index contributed by atoms with van der Waals surface area (Å²) in [5.74, 6) is 1.88. The van der Waals surface area contributed by atoms with Gasteiger partial charge in [-0.1, -0.05) is 19.1 Å². The van der Waals surface area contributed by atoms with Crippen LogP contribution in [0.4, 0.5) is 0 Å². The number of nitrogens with zero attached hydrogens (tertiary/aromatic N) is 1. The molecule has 1 unspecified atom stereocenters. The Kier molecular flexibility index (Phi) is 5.07. The number of guanidine groups is 1. The van der Waals surface area contributed by atoms with Crippen LogP contribution >= 0.6 is 0 Å². The lowest BCUT2D eigenvalue weighted by Crippen LogP contribution is -2.38. The Labute approximate surface area is 115 Å². The SMILES string of the molecule is CCCOc1cccc(CCNC2=NCC(C)N2)c1. The van der Waals surface area contributed by atoms with Crippen LogP contribution in [0.5, 0.6) is 5.75 Å². The van der Waals surface area contributed by atoms with Gasteiger partial charge >= 0.3 is 0 Å². The van der Waals surface area contributed by atoms with E-state index >= 15 is 0 Å². The number of aliphatic imine (C=N–C) groups is 1. The fraction of sp³-hybridized carbons (Fsp3) is 0.533. The normalized spacial score (nSPS) is 17.8. The van der Waals surface area contributed by atoms with Gasteiger partial charge in [-0.15, -0.1) is 0 Å². The molecule has 1 aliphatic heterocycles. The van der Waals surface area contributed by atoms with E-state index in [0.717, 1.165) is 44.2 Å². The number of hydrogen-bond donors (Lipinski definition) is 2. The van der Waals surface area contributed by atoms with E-state index in [1.165, 1.54) is 5.56 Å².